The molecule has 0 atom stereocenters. The highest BCUT2D eigenvalue weighted by molar-refractivity contribution is 5.09. The third-order valence-electron chi connectivity index (χ3n) is 4.34. The summed E-state index contributed by atoms with van der Waals surface area (Å²) in [5, 5.41) is 0. The van der Waals surface area contributed by atoms with Crippen molar-refractivity contribution in [2.75, 3.05) is 6.54 Å². The third kappa shape index (κ3) is 2.02. The summed E-state index contributed by atoms with van der Waals surface area (Å²) in [6.45, 7) is 4.04. The molecule has 0 bridgehead atoms. The summed E-state index contributed by atoms with van der Waals surface area (Å²) >= 11 is 0. The number of rotatable bonds is 5. The molecule has 2 N–H and O–H groups in total. The van der Waals surface area contributed by atoms with Crippen LogP contribution in [0.5, 0.6) is 0 Å². The molecule has 1 aromatic rings. The van der Waals surface area contributed by atoms with Gasteiger partial charge in [-0.25, -0.2) is 0 Å². The molecule has 1 heterocycles. The molecule has 2 fully saturated rings. The Labute approximate surface area is 103 Å². The second kappa shape index (κ2) is 4.14. The van der Waals surface area contributed by atoms with Crippen LogP contribution < -0.4 is 5.73 Å². The molecule has 0 aromatic carbocycles. The third-order valence-corrected chi connectivity index (χ3v) is 4.34. The van der Waals surface area contributed by atoms with Crippen LogP contribution in [0.3, 0.4) is 0 Å². The fraction of sp³-hybridized carbons (Fsp3) is 0.714. The summed E-state index contributed by atoms with van der Waals surface area (Å²) in [5.74, 6) is 1.90. The fourth-order valence-electron chi connectivity index (χ4n) is 3.40. The lowest BCUT2D eigenvalue weighted by Crippen LogP contribution is -2.61. The van der Waals surface area contributed by atoms with Crippen molar-refractivity contribution in [2.45, 2.75) is 50.7 Å². The molecule has 94 valence electrons. The van der Waals surface area contributed by atoms with Crippen molar-refractivity contribution in [3.63, 3.8) is 0 Å². The molecule has 3 nitrogen and oxygen atoms in total. The van der Waals surface area contributed by atoms with Crippen LogP contribution in [0, 0.1) is 5.92 Å². The van der Waals surface area contributed by atoms with Gasteiger partial charge in [0.15, 0.2) is 0 Å². The van der Waals surface area contributed by atoms with Crippen molar-refractivity contribution < 1.29 is 4.42 Å². The Morgan fingerprint density at radius 1 is 1.47 bits per heavy atom. The van der Waals surface area contributed by atoms with Gasteiger partial charge in [0, 0.05) is 18.1 Å². The van der Waals surface area contributed by atoms with Crippen LogP contribution >= 0.6 is 0 Å². The molecular formula is C14H22N2O. The normalized spacial score (nSPS) is 32.8. The van der Waals surface area contributed by atoms with E-state index in [-0.39, 0.29) is 5.54 Å². The summed E-state index contributed by atoms with van der Waals surface area (Å²) < 4.78 is 5.49. The number of hydrogen-bond acceptors (Lipinski definition) is 3. The van der Waals surface area contributed by atoms with E-state index >= 15 is 0 Å². The quantitative estimate of drug-likeness (QED) is 0.850. The molecule has 0 saturated heterocycles. The van der Waals surface area contributed by atoms with Gasteiger partial charge in [-0.3, -0.25) is 4.90 Å². The smallest absolute Gasteiger partial charge is 0.117 e. The predicted molar refractivity (Wildman–Crippen MR) is 67.5 cm³/mol. The van der Waals surface area contributed by atoms with Crippen LogP contribution in [0.15, 0.2) is 22.8 Å². The molecule has 2 aliphatic rings. The average molecular weight is 234 g/mol. The Morgan fingerprint density at radius 2 is 2.24 bits per heavy atom. The van der Waals surface area contributed by atoms with Crippen molar-refractivity contribution in [2.24, 2.45) is 11.7 Å². The van der Waals surface area contributed by atoms with Gasteiger partial charge < -0.3 is 10.2 Å². The number of nitrogens with two attached hydrogens (primary N) is 1. The Bertz CT molecular complexity index is 364. The Morgan fingerprint density at radius 3 is 2.71 bits per heavy atom. The van der Waals surface area contributed by atoms with E-state index in [1.807, 2.05) is 6.07 Å². The zero-order valence-electron chi connectivity index (χ0n) is 10.6. The molecule has 2 saturated carbocycles. The van der Waals surface area contributed by atoms with Crippen LogP contribution in [0.4, 0.5) is 0 Å². The zero-order chi connectivity index (χ0) is 11.9. The molecule has 3 rings (SSSR count). The minimum atomic E-state index is 0.257. The number of furan rings is 1. The maximum Gasteiger partial charge on any atom is 0.117 e. The van der Waals surface area contributed by atoms with Gasteiger partial charge in [0.2, 0.25) is 0 Å². The number of nitrogens with zero attached hydrogens (tertiary/aromatic N) is 1. The van der Waals surface area contributed by atoms with Crippen molar-refractivity contribution in [3.8, 4) is 0 Å². The van der Waals surface area contributed by atoms with E-state index in [1.165, 1.54) is 25.7 Å². The highest BCUT2D eigenvalue weighted by Crippen LogP contribution is 2.47. The van der Waals surface area contributed by atoms with Crippen LogP contribution in [-0.4, -0.2) is 23.0 Å². The molecule has 2 aliphatic carbocycles. The molecule has 0 spiro atoms. The standard InChI is InChI=1S/C14H22N2O/c1-11-7-14(8-11,10-15)16(12-4-5-12)9-13-3-2-6-17-13/h2-3,6,11-12H,4-5,7-10,15H2,1H3. The van der Waals surface area contributed by atoms with Gasteiger partial charge in [-0.15, -0.1) is 0 Å². The summed E-state index contributed by atoms with van der Waals surface area (Å²) in [6.07, 6.45) is 6.92. The predicted octanol–water partition coefficient (Wildman–Crippen LogP) is 2.37. The molecule has 0 radical (unpaired) electrons. The zero-order valence-corrected chi connectivity index (χ0v) is 10.6. The lowest BCUT2D eigenvalue weighted by molar-refractivity contribution is -0.0286. The minimum Gasteiger partial charge on any atom is -0.468 e. The largest absolute Gasteiger partial charge is 0.468 e. The Hall–Kier alpha value is -0.800. The second-order valence-electron chi connectivity index (χ2n) is 5.88. The summed E-state index contributed by atoms with van der Waals surface area (Å²) in [5.41, 5.74) is 6.31. The maximum absolute atomic E-state index is 6.05. The van der Waals surface area contributed by atoms with Gasteiger partial charge in [-0.2, -0.15) is 0 Å². The van der Waals surface area contributed by atoms with Crippen LogP contribution in [0.25, 0.3) is 0 Å². The van der Waals surface area contributed by atoms with E-state index in [9.17, 15) is 0 Å². The highest BCUT2D eigenvalue weighted by Gasteiger charge is 2.50. The van der Waals surface area contributed by atoms with E-state index in [2.05, 4.69) is 17.9 Å². The van der Waals surface area contributed by atoms with E-state index in [1.54, 1.807) is 6.26 Å². The SMILES string of the molecule is CC1CC(CN)(N(Cc2ccco2)C2CC2)C1. The van der Waals surface area contributed by atoms with Gasteiger partial charge in [0.25, 0.3) is 0 Å². The molecule has 0 aliphatic heterocycles. The first kappa shape index (κ1) is 11.3. The van der Waals surface area contributed by atoms with Crippen molar-refractivity contribution in [1.82, 2.24) is 4.90 Å². The van der Waals surface area contributed by atoms with Crippen molar-refractivity contribution in [3.05, 3.63) is 24.2 Å². The lowest BCUT2D eigenvalue weighted by atomic mass is 9.68. The fourth-order valence-corrected chi connectivity index (χ4v) is 3.40. The Kier molecular flexibility index (Phi) is 2.75. The Balaban J connectivity index is 1.75. The van der Waals surface area contributed by atoms with Crippen LogP contribution in [-0.2, 0) is 6.54 Å². The van der Waals surface area contributed by atoms with Gasteiger partial charge in [0.05, 0.1) is 12.8 Å². The lowest BCUT2D eigenvalue weighted by Gasteiger charge is -2.53. The molecule has 3 heteroatoms. The van der Waals surface area contributed by atoms with E-state index in [4.69, 9.17) is 10.2 Å². The van der Waals surface area contributed by atoms with Crippen LogP contribution in [0.2, 0.25) is 0 Å². The first-order valence-corrected chi connectivity index (χ1v) is 6.73. The average Bonchev–Trinajstić information content (AvgIpc) is 3.00. The van der Waals surface area contributed by atoms with E-state index < -0.39 is 0 Å². The molecular weight excluding hydrogens is 212 g/mol. The molecule has 1 aromatic heterocycles. The second-order valence-corrected chi connectivity index (χ2v) is 5.88. The summed E-state index contributed by atoms with van der Waals surface area (Å²) in [7, 11) is 0. The van der Waals surface area contributed by atoms with E-state index in [0.29, 0.717) is 0 Å². The van der Waals surface area contributed by atoms with Crippen molar-refractivity contribution >= 4 is 0 Å². The topological polar surface area (TPSA) is 42.4 Å². The first-order valence-electron chi connectivity index (χ1n) is 6.73. The molecule has 0 amide bonds. The summed E-state index contributed by atoms with van der Waals surface area (Å²) in [6, 6.07) is 4.79. The summed E-state index contributed by atoms with van der Waals surface area (Å²) in [4.78, 5) is 2.62. The van der Waals surface area contributed by atoms with Gasteiger partial charge in [0.1, 0.15) is 5.76 Å². The first-order chi connectivity index (χ1) is 8.23. The van der Waals surface area contributed by atoms with Gasteiger partial charge >= 0.3 is 0 Å². The van der Waals surface area contributed by atoms with Crippen LogP contribution in [0.1, 0.15) is 38.4 Å². The monoisotopic (exact) mass is 234 g/mol. The van der Waals surface area contributed by atoms with Gasteiger partial charge in [-0.05, 0) is 43.7 Å². The minimum absolute atomic E-state index is 0.257. The molecule has 0 unspecified atom stereocenters. The maximum atomic E-state index is 6.05. The van der Waals surface area contributed by atoms with E-state index in [0.717, 1.165) is 30.8 Å². The number of hydrogen-bond donors (Lipinski definition) is 1. The highest BCUT2D eigenvalue weighted by atomic mass is 16.3. The van der Waals surface area contributed by atoms with Gasteiger partial charge in [-0.1, -0.05) is 6.92 Å². The van der Waals surface area contributed by atoms with Crippen molar-refractivity contribution in [1.29, 1.82) is 0 Å². The molecule has 17 heavy (non-hydrogen) atoms.